The number of rotatable bonds is 7. The van der Waals surface area contributed by atoms with Crippen LogP contribution < -0.4 is 10.1 Å². The van der Waals surface area contributed by atoms with Crippen LogP contribution in [0.4, 0.5) is 0 Å². The molecule has 0 aliphatic heterocycles. The van der Waals surface area contributed by atoms with E-state index in [4.69, 9.17) is 9.15 Å². The second-order valence-corrected chi connectivity index (χ2v) is 5.55. The van der Waals surface area contributed by atoms with Crippen LogP contribution in [0.25, 0.3) is 11.5 Å². The summed E-state index contributed by atoms with van der Waals surface area (Å²) in [4.78, 5) is 12.1. The molecule has 128 valence electrons. The van der Waals surface area contributed by atoms with Gasteiger partial charge in [0, 0.05) is 12.1 Å². The van der Waals surface area contributed by atoms with Crippen LogP contribution >= 0.6 is 0 Å². The molecule has 1 N–H and O–H groups in total. The lowest BCUT2D eigenvalue weighted by Gasteiger charge is -2.15. The van der Waals surface area contributed by atoms with Crippen LogP contribution in [0, 0.1) is 0 Å². The molecule has 0 aliphatic rings. The van der Waals surface area contributed by atoms with Gasteiger partial charge in [-0.1, -0.05) is 30.3 Å². The predicted molar refractivity (Wildman–Crippen MR) is 93.0 cm³/mol. The fraction of sp³-hybridized carbons (Fsp3) is 0.211. The molecule has 1 amide bonds. The molecule has 0 saturated carbocycles. The Morgan fingerprint density at radius 2 is 1.92 bits per heavy atom. The standard InChI is InChI=1S/C19H19N3O3/c1-14(18(23)20-12-11-15-5-3-2-4-6-15)25-17-9-7-16(8-10-17)19-22-21-13-24-19/h2-10,13-14H,11-12H2,1H3,(H,20,23)/t14-/m0/s1. The van der Waals surface area contributed by atoms with E-state index in [0.717, 1.165) is 12.0 Å². The highest BCUT2D eigenvalue weighted by Gasteiger charge is 2.14. The topological polar surface area (TPSA) is 77.2 Å². The van der Waals surface area contributed by atoms with E-state index in [-0.39, 0.29) is 5.91 Å². The number of carbonyl (C=O) groups excluding carboxylic acids is 1. The summed E-state index contributed by atoms with van der Waals surface area (Å²) in [7, 11) is 0. The zero-order valence-corrected chi connectivity index (χ0v) is 13.9. The number of hydrogen-bond donors (Lipinski definition) is 1. The van der Waals surface area contributed by atoms with Crippen molar-refractivity contribution in [2.75, 3.05) is 6.54 Å². The Morgan fingerprint density at radius 3 is 2.60 bits per heavy atom. The fourth-order valence-electron chi connectivity index (χ4n) is 2.35. The summed E-state index contributed by atoms with van der Waals surface area (Å²) in [5.41, 5.74) is 1.98. The third kappa shape index (κ3) is 4.67. The third-order valence-corrected chi connectivity index (χ3v) is 3.70. The SMILES string of the molecule is C[C@H](Oc1ccc(-c2nnco2)cc1)C(=O)NCCc1ccccc1. The van der Waals surface area contributed by atoms with Crippen molar-refractivity contribution in [2.45, 2.75) is 19.4 Å². The Kier molecular flexibility index (Phi) is 5.41. The monoisotopic (exact) mass is 337 g/mol. The Hall–Kier alpha value is -3.15. The lowest BCUT2D eigenvalue weighted by atomic mass is 10.1. The summed E-state index contributed by atoms with van der Waals surface area (Å²) in [5, 5.41) is 10.4. The third-order valence-electron chi connectivity index (χ3n) is 3.70. The van der Waals surface area contributed by atoms with E-state index in [9.17, 15) is 4.79 Å². The zero-order valence-electron chi connectivity index (χ0n) is 13.9. The van der Waals surface area contributed by atoms with E-state index in [1.807, 2.05) is 42.5 Å². The minimum Gasteiger partial charge on any atom is -0.481 e. The molecular formula is C19H19N3O3. The van der Waals surface area contributed by atoms with Crippen molar-refractivity contribution in [1.29, 1.82) is 0 Å². The van der Waals surface area contributed by atoms with Crippen LogP contribution in [0.1, 0.15) is 12.5 Å². The van der Waals surface area contributed by atoms with Crippen molar-refractivity contribution in [1.82, 2.24) is 15.5 Å². The lowest BCUT2D eigenvalue weighted by molar-refractivity contribution is -0.127. The van der Waals surface area contributed by atoms with Gasteiger partial charge in [-0.15, -0.1) is 10.2 Å². The maximum atomic E-state index is 12.1. The number of benzene rings is 2. The van der Waals surface area contributed by atoms with Crippen LogP contribution in [0.5, 0.6) is 5.75 Å². The van der Waals surface area contributed by atoms with E-state index in [1.165, 1.54) is 12.0 Å². The van der Waals surface area contributed by atoms with Crippen molar-refractivity contribution in [3.8, 4) is 17.2 Å². The van der Waals surface area contributed by atoms with Gasteiger partial charge in [0.2, 0.25) is 12.3 Å². The molecule has 1 heterocycles. The van der Waals surface area contributed by atoms with E-state index < -0.39 is 6.10 Å². The highest BCUT2D eigenvalue weighted by molar-refractivity contribution is 5.80. The van der Waals surface area contributed by atoms with Crippen molar-refractivity contribution < 1.29 is 13.9 Å². The molecular weight excluding hydrogens is 318 g/mol. The van der Waals surface area contributed by atoms with Gasteiger partial charge >= 0.3 is 0 Å². The van der Waals surface area contributed by atoms with Gasteiger partial charge in [-0.3, -0.25) is 4.79 Å². The number of amides is 1. The zero-order chi connectivity index (χ0) is 17.5. The summed E-state index contributed by atoms with van der Waals surface area (Å²) >= 11 is 0. The minimum atomic E-state index is -0.579. The van der Waals surface area contributed by atoms with E-state index in [1.54, 1.807) is 19.1 Å². The van der Waals surface area contributed by atoms with Gasteiger partial charge in [-0.2, -0.15) is 0 Å². The molecule has 6 heteroatoms. The number of nitrogens with zero attached hydrogens (tertiary/aromatic N) is 2. The number of ether oxygens (including phenoxy) is 1. The molecule has 0 spiro atoms. The molecule has 2 aromatic carbocycles. The first kappa shape index (κ1) is 16.7. The average molecular weight is 337 g/mol. The van der Waals surface area contributed by atoms with Gasteiger partial charge in [0.15, 0.2) is 6.10 Å². The molecule has 0 fully saturated rings. The molecule has 3 aromatic rings. The Morgan fingerprint density at radius 1 is 1.16 bits per heavy atom. The van der Waals surface area contributed by atoms with Crippen LogP contribution in [0.3, 0.4) is 0 Å². The molecule has 0 aliphatic carbocycles. The second kappa shape index (κ2) is 8.10. The average Bonchev–Trinajstić information content (AvgIpc) is 3.18. The second-order valence-electron chi connectivity index (χ2n) is 5.55. The normalized spacial score (nSPS) is 11.7. The quantitative estimate of drug-likeness (QED) is 0.717. The van der Waals surface area contributed by atoms with Crippen LogP contribution in [0.2, 0.25) is 0 Å². The van der Waals surface area contributed by atoms with Gasteiger partial charge in [0.25, 0.3) is 5.91 Å². The van der Waals surface area contributed by atoms with Crippen molar-refractivity contribution >= 4 is 5.91 Å². The molecule has 0 saturated heterocycles. The van der Waals surface area contributed by atoms with Gasteiger partial charge in [0.1, 0.15) is 5.75 Å². The number of hydrogen-bond acceptors (Lipinski definition) is 5. The first-order valence-electron chi connectivity index (χ1n) is 8.07. The number of aromatic nitrogens is 2. The van der Waals surface area contributed by atoms with Crippen molar-refractivity contribution in [3.05, 3.63) is 66.6 Å². The minimum absolute atomic E-state index is 0.142. The van der Waals surface area contributed by atoms with E-state index >= 15 is 0 Å². The molecule has 0 radical (unpaired) electrons. The maximum absolute atomic E-state index is 12.1. The molecule has 25 heavy (non-hydrogen) atoms. The van der Waals surface area contributed by atoms with Gasteiger partial charge in [-0.25, -0.2) is 0 Å². The molecule has 6 nitrogen and oxygen atoms in total. The predicted octanol–water partition coefficient (Wildman–Crippen LogP) is 2.86. The highest BCUT2D eigenvalue weighted by atomic mass is 16.5. The van der Waals surface area contributed by atoms with Crippen LogP contribution in [-0.4, -0.2) is 28.8 Å². The molecule has 3 rings (SSSR count). The summed E-state index contributed by atoms with van der Waals surface area (Å²) in [6.45, 7) is 2.30. The Labute approximate surface area is 145 Å². The Bertz CT molecular complexity index is 787. The number of nitrogens with one attached hydrogen (secondary N) is 1. The summed E-state index contributed by atoms with van der Waals surface area (Å²) < 4.78 is 10.8. The largest absolute Gasteiger partial charge is 0.481 e. The molecule has 0 bridgehead atoms. The van der Waals surface area contributed by atoms with Crippen molar-refractivity contribution in [2.24, 2.45) is 0 Å². The molecule has 1 aromatic heterocycles. The lowest BCUT2D eigenvalue weighted by Crippen LogP contribution is -2.37. The van der Waals surface area contributed by atoms with Gasteiger partial charge in [-0.05, 0) is 43.2 Å². The molecule has 0 unspecified atom stereocenters. The van der Waals surface area contributed by atoms with Crippen molar-refractivity contribution in [3.63, 3.8) is 0 Å². The fourth-order valence-corrected chi connectivity index (χ4v) is 2.35. The maximum Gasteiger partial charge on any atom is 0.260 e. The summed E-state index contributed by atoms with van der Waals surface area (Å²) in [6, 6.07) is 17.2. The molecule has 1 atom stereocenters. The number of carbonyl (C=O) groups is 1. The Balaban J connectivity index is 1.47. The van der Waals surface area contributed by atoms with Crippen LogP contribution in [-0.2, 0) is 11.2 Å². The summed E-state index contributed by atoms with van der Waals surface area (Å²) in [5.74, 6) is 0.907. The van der Waals surface area contributed by atoms with E-state index in [0.29, 0.717) is 18.2 Å². The highest BCUT2D eigenvalue weighted by Crippen LogP contribution is 2.20. The van der Waals surface area contributed by atoms with Gasteiger partial charge < -0.3 is 14.5 Å². The first-order valence-corrected chi connectivity index (χ1v) is 8.07. The summed E-state index contributed by atoms with van der Waals surface area (Å²) in [6.07, 6.45) is 1.49. The smallest absolute Gasteiger partial charge is 0.260 e. The van der Waals surface area contributed by atoms with E-state index in [2.05, 4.69) is 15.5 Å². The van der Waals surface area contributed by atoms with Gasteiger partial charge in [0.05, 0.1) is 0 Å². The first-order chi connectivity index (χ1) is 12.2. The van der Waals surface area contributed by atoms with Crippen LogP contribution in [0.15, 0.2) is 65.4 Å².